The summed E-state index contributed by atoms with van der Waals surface area (Å²) in [6.45, 7) is 7.31. The van der Waals surface area contributed by atoms with Gasteiger partial charge in [0.15, 0.2) is 0 Å². The molecule has 232 valence electrons. The second-order valence-electron chi connectivity index (χ2n) is 12.2. The molecule has 0 unspecified atom stereocenters. The van der Waals surface area contributed by atoms with Crippen LogP contribution >= 0.6 is 11.6 Å². The summed E-state index contributed by atoms with van der Waals surface area (Å²) >= 11 is 5.30. The smallest absolute Gasteiger partial charge is 0.356 e. The molecule has 0 aromatic rings. The summed E-state index contributed by atoms with van der Waals surface area (Å²) in [5.74, 6) is -14.0. The number of piperidine rings is 1. The van der Waals surface area contributed by atoms with Gasteiger partial charge < -0.3 is 15.5 Å². The van der Waals surface area contributed by atoms with Crippen molar-refractivity contribution in [2.24, 2.45) is 28.6 Å². The zero-order chi connectivity index (χ0) is 31.5. The Labute approximate surface area is 236 Å². The minimum Gasteiger partial charge on any atom is -0.356 e. The summed E-state index contributed by atoms with van der Waals surface area (Å²) < 4.78 is 79.7. The molecule has 0 aromatic heterocycles. The van der Waals surface area contributed by atoms with Gasteiger partial charge in [0.2, 0.25) is 11.8 Å². The fourth-order valence-corrected chi connectivity index (χ4v) is 5.64. The quantitative estimate of drug-likeness (QED) is 0.227. The summed E-state index contributed by atoms with van der Waals surface area (Å²) in [7, 11) is 0. The van der Waals surface area contributed by atoms with Crippen LogP contribution in [0.2, 0.25) is 0 Å². The molecule has 10 nitrogen and oxygen atoms in total. The summed E-state index contributed by atoms with van der Waals surface area (Å²) in [6.07, 6.45) is -5.94. The lowest BCUT2D eigenvalue weighted by Crippen LogP contribution is -2.63. The number of halogens is 7. The van der Waals surface area contributed by atoms with E-state index in [-0.39, 0.29) is 25.4 Å². The van der Waals surface area contributed by atoms with Crippen molar-refractivity contribution < 1.29 is 50.3 Å². The summed E-state index contributed by atoms with van der Waals surface area (Å²) in [6, 6.07) is -3.27. The van der Waals surface area contributed by atoms with Gasteiger partial charge in [-0.25, -0.2) is 9.40 Å². The monoisotopic (exact) mass is 619 g/mol. The van der Waals surface area contributed by atoms with E-state index in [1.807, 2.05) is 0 Å². The van der Waals surface area contributed by atoms with E-state index in [0.29, 0.717) is 5.01 Å². The first-order valence-electron chi connectivity index (χ1n) is 12.8. The molecule has 1 aliphatic carbocycles. The van der Waals surface area contributed by atoms with Crippen LogP contribution < -0.4 is 16.1 Å². The van der Waals surface area contributed by atoms with Gasteiger partial charge in [0.25, 0.3) is 17.4 Å². The van der Waals surface area contributed by atoms with Gasteiger partial charge in [0, 0.05) is 13.1 Å². The van der Waals surface area contributed by atoms with E-state index in [1.165, 1.54) is 26.1 Å². The third-order valence-corrected chi connectivity index (χ3v) is 8.24. The molecule has 2 saturated heterocycles. The lowest BCUT2D eigenvalue weighted by atomic mass is 9.85. The molecule has 6 atom stereocenters. The molecular formula is C24H32ClF6N5O5. The average molecular weight is 620 g/mol. The number of hydrogen-bond donors (Lipinski definition) is 3. The van der Waals surface area contributed by atoms with Gasteiger partial charge in [-0.2, -0.15) is 22.0 Å². The number of fused-ring (bicyclic) bond motifs is 1. The molecule has 0 spiro atoms. The first kappa shape index (κ1) is 32.7. The second-order valence-corrected chi connectivity index (χ2v) is 12.6. The van der Waals surface area contributed by atoms with Crippen LogP contribution in [0, 0.1) is 28.6 Å². The predicted molar refractivity (Wildman–Crippen MR) is 130 cm³/mol. The SMILES string of the molecule is CC(C)(C)[C@H](NC(=O)C(F)(F)C(F)(F)F)C(=O)N1C[C@H]2[C@@H]([C@H]1C(=O)NN(C[C@@H]1CCNC1=O)C(=O)[C@H](F)Cl)C2(C)C. The van der Waals surface area contributed by atoms with Gasteiger partial charge in [0.1, 0.15) is 12.1 Å². The van der Waals surface area contributed by atoms with Gasteiger partial charge in [0.05, 0.1) is 12.5 Å². The van der Waals surface area contributed by atoms with E-state index in [9.17, 15) is 50.3 Å². The predicted octanol–water partition coefficient (Wildman–Crippen LogP) is 1.73. The molecule has 3 N–H and O–H groups in total. The lowest BCUT2D eigenvalue weighted by molar-refractivity contribution is -0.270. The summed E-state index contributed by atoms with van der Waals surface area (Å²) in [5.41, 5.74) is -2.24. The maximum atomic E-state index is 13.8. The third kappa shape index (κ3) is 6.21. The highest BCUT2D eigenvalue weighted by molar-refractivity contribution is 6.29. The van der Waals surface area contributed by atoms with Crippen LogP contribution in [0.4, 0.5) is 26.3 Å². The molecule has 3 fully saturated rings. The molecule has 0 aromatic carbocycles. The van der Waals surface area contributed by atoms with Gasteiger partial charge in [-0.1, -0.05) is 46.2 Å². The van der Waals surface area contributed by atoms with Crippen molar-refractivity contribution in [3.63, 3.8) is 0 Å². The van der Waals surface area contributed by atoms with Crippen LogP contribution in [0.1, 0.15) is 41.0 Å². The molecule has 17 heteroatoms. The Morgan fingerprint density at radius 1 is 1.15 bits per heavy atom. The standard InChI is InChI=1S/C24H32ClF6N5O5/c1-21(2,3)14(33-20(41)23(27,28)24(29,30)31)18(39)35-9-11-12(22(11,4)5)13(35)17(38)34-36(19(40)15(25)26)8-10-6-7-32-16(10)37/h10-15H,6-9H2,1-5H3,(H,32,37)(H,33,41)(H,34,38)/t10-,11-,12-,13-,14+,15-/m0/s1. The Morgan fingerprint density at radius 3 is 2.20 bits per heavy atom. The molecular weight excluding hydrogens is 588 g/mol. The van der Waals surface area contributed by atoms with Crippen molar-refractivity contribution in [3.8, 4) is 0 Å². The molecule has 2 aliphatic heterocycles. The van der Waals surface area contributed by atoms with Crippen LogP contribution in [-0.2, 0) is 24.0 Å². The van der Waals surface area contributed by atoms with E-state index in [1.54, 1.807) is 13.8 Å². The van der Waals surface area contributed by atoms with Crippen molar-refractivity contribution >= 4 is 41.1 Å². The molecule has 41 heavy (non-hydrogen) atoms. The molecule has 5 amide bonds. The highest BCUT2D eigenvalue weighted by atomic mass is 35.5. The molecule has 3 rings (SSSR count). The van der Waals surface area contributed by atoms with Crippen LogP contribution in [0.3, 0.4) is 0 Å². The Bertz CT molecular complexity index is 1110. The van der Waals surface area contributed by atoms with Gasteiger partial charge in [-0.3, -0.25) is 29.4 Å². The van der Waals surface area contributed by atoms with Gasteiger partial charge in [-0.15, -0.1) is 0 Å². The van der Waals surface area contributed by atoms with E-state index in [2.05, 4.69) is 10.7 Å². The number of nitrogens with zero attached hydrogens (tertiary/aromatic N) is 2. The minimum absolute atomic E-state index is 0.104. The molecule has 3 aliphatic rings. The first-order valence-corrected chi connectivity index (χ1v) is 13.2. The highest BCUT2D eigenvalue weighted by Crippen LogP contribution is 2.65. The Morgan fingerprint density at radius 2 is 1.73 bits per heavy atom. The zero-order valence-electron chi connectivity index (χ0n) is 22.9. The molecule has 0 radical (unpaired) electrons. The number of nitrogens with one attached hydrogen (secondary N) is 3. The number of carbonyl (C=O) groups excluding carboxylic acids is 5. The number of alkyl halides is 7. The van der Waals surface area contributed by atoms with Crippen molar-refractivity contribution in [1.29, 1.82) is 0 Å². The maximum absolute atomic E-state index is 13.8. The van der Waals surface area contributed by atoms with E-state index < -0.39 is 88.6 Å². The normalized spacial score (nSPS) is 26.9. The third-order valence-electron chi connectivity index (χ3n) is 8.05. The second kappa shape index (κ2) is 10.8. The van der Waals surface area contributed by atoms with E-state index >= 15 is 0 Å². The highest BCUT2D eigenvalue weighted by Gasteiger charge is 2.70. The Hall–Kier alpha value is -2.78. The number of likely N-dealkylation sites (tertiary alicyclic amines) is 1. The van der Waals surface area contributed by atoms with Crippen LogP contribution in [0.25, 0.3) is 0 Å². The molecule has 0 bridgehead atoms. The van der Waals surface area contributed by atoms with E-state index in [4.69, 9.17) is 11.6 Å². The summed E-state index contributed by atoms with van der Waals surface area (Å²) in [5, 5.41) is 4.58. The number of carbonyl (C=O) groups is 5. The van der Waals surface area contributed by atoms with Gasteiger partial charge >= 0.3 is 18.0 Å². The van der Waals surface area contributed by atoms with Crippen molar-refractivity contribution in [2.45, 2.75) is 70.9 Å². The number of hydrogen-bond acceptors (Lipinski definition) is 5. The van der Waals surface area contributed by atoms with Crippen molar-refractivity contribution in [3.05, 3.63) is 0 Å². The lowest BCUT2D eigenvalue weighted by Gasteiger charge is -2.38. The fourth-order valence-electron chi connectivity index (χ4n) is 5.53. The maximum Gasteiger partial charge on any atom is 0.463 e. The molecule has 2 heterocycles. The Balaban J connectivity index is 1.89. The summed E-state index contributed by atoms with van der Waals surface area (Å²) in [4.78, 5) is 64.6. The van der Waals surface area contributed by atoms with Crippen LogP contribution in [-0.4, -0.2) is 88.9 Å². The van der Waals surface area contributed by atoms with Crippen molar-refractivity contribution in [2.75, 3.05) is 19.6 Å². The number of amides is 5. The molecule has 1 saturated carbocycles. The number of hydrazine groups is 1. The zero-order valence-corrected chi connectivity index (χ0v) is 23.6. The largest absolute Gasteiger partial charge is 0.463 e. The fraction of sp³-hybridized carbons (Fsp3) is 0.792. The first-order chi connectivity index (χ1) is 18.5. The topological polar surface area (TPSA) is 128 Å². The van der Waals surface area contributed by atoms with Gasteiger partial charge in [-0.05, 0) is 29.1 Å². The number of rotatable bonds is 7. The Kier molecular flexibility index (Phi) is 8.63. The average Bonchev–Trinajstić information content (AvgIpc) is 3.17. The van der Waals surface area contributed by atoms with Crippen LogP contribution in [0.15, 0.2) is 0 Å². The van der Waals surface area contributed by atoms with Crippen LogP contribution in [0.5, 0.6) is 0 Å². The minimum atomic E-state index is -6.22. The van der Waals surface area contributed by atoms with E-state index in [0.717, 1.165) is 4.90 Å². The van der Waals surface area contributed by atoms with Crippen molar-refractivity contribution in [1.82, 2.24) is 26.0 Å².